The van der Waals surface area contributed by atoms with Crippen LogP contribution in [0.2, 0.25) is 0 Å². The van der Waals surface area contributed by atoms with E-state index in [9.17, 15) is 14.0 Å². The number of benzene rings is 1. The standard InChI is InChI=1S/C24H25FN4O2/c25-20-6-7-28(15-20)23(30)21-4-5-22-19-9-18(13-29(22)24(21)31)12-27(14-19)11-17-3-1-2-16(8-17)10-26/h1-5,8,18-20H,6-7,9,11-15H2/t18-,19+,20+/m0/s1. The quantitative estimate of drug-likeness (QED) is 0.765. The number of rotatable bonds is 3. The van der Waals surface area contributed by atoms with E-state index in [-0.39, 0.29) is 29.5 Å². The highest BCUT2D eigenvalue weighted by Crippen LogP contribution is 2.35. The zero-order valence-electron chi connectivity index (χ0n) is 17.3. The number of halogens is 1. The van der Waals surface area contributed by atoms with Crippen molar-refractivity contribution in [3.8, 4) is 6.07 Å². The second-order valence-corrected chi connectivity index (χ2v) is 9.03. The predicted molar refractivity (Wildman–Crippen MR) is 113 cm³/mol. The summed E-state index contributed by atoms with van der Waals surface area (Å²) in [5.74, 6) is 0.233. The molecule has 7 heteroatoms. The van der Waals surface area contributed by atoms with Gasteiger partial charge in [0.2, 0.25) is 0 Å². The van der Waals surface area contributed by atoms with Gasteiger partial charge >= 0.3 is 0 Å². The van der Waals surface area contributed by atoms with Crippen LogP contribution in [-0.2, 0) is 13.1 Å². The molecule has 0 unspecified atom stereocenters. The van der Waals surface area contributed by atoms with Gasteiger partial charge in [0, 0.05) is 44.3 Å². The fourth-order valence-electron chi connectivity index (χ4n) is 5.41. The van der Waals surface area contributed by atoms with E-state index < -0.39 is 6.17 Å². The van der Waals surface area contributed by atoms with Crippen molar-refractivity contribution >= 4 is 5.91 Å². The Labute approximate surface area is 180 Å². The van der Waals surface area contributed by atoms with Crippen molar-refractivity contribution < 1.29 is 9.18 Å². The lowest BCUT2D eigenvalue weighted by molar-refractivity contribution is 0.0777. The number of amides is 1. The first kappa shape index (κ1) is 20.0. The van der Waals surface area contributed by atoms with Crippen LogP contribution in [0.1, 0.15) is 45.9 Å². The van der Waals surface area contributed by atoms with E-state index >= 15 is 0 Å². The number of likely N-dealkylation sites (tertiary alicyclic amines) is 2. The molecule has 31 heavy (non-hydrogen) atoms. The Hall–Kier alpha value is -2.98. The molecule has 5 rings (SSSR count). The van der Waals surface area contributed by atoms with Gasteiger partial charge in [0.15, 0.2) is 0 Å². The zero-order valence-corrected chi connectivity index (χ0v) is 17.3. The van der Waals surface area contributed by atoms with E-state index in [1.54, 1.807) is 10.6 Å². The number of pyridine rings is 1. The van der Waals surface area contributed by atoms with Crippen molar-refractivity contribution in [2.75, 3.05) is 26.2 Å². The SMILES string of the molecule is N#Cc1cccc(CN2C[C@@H]3C[C@H](C2)c2ccc(C(=O)N4CC[C@@H](F)C4)c(=O)n2C3)c1. The zero-order chi connectivity index (χ0) is 21.5. The first-order valence-electron chi connectivity index (χ1n) is 10.9. The lowest BCUT2D eigenvalue weighted by atomic mass is 9.82. The molecule has 3 atom stereocenters. The number of carbonyl (C=O) groups excluding carboxylic acids is 1. The second kappa shape index (κ2) is 7.93. The molecule has 2 saturated heterocycles. The molecule has 2 fully saturated rings. The summed E-state index contributed by atoms with van der Waals surface area (Å²) in [6.07, 6.45) is 0.385. The number of nitriles is 1. The molecule has 0 N–H and O–H groups in total. The van der Waals surface area contributed by atoms with Crippen LogP contribution in [-0.4, -0.2) is 52.6 Å². The summed E-state index contributed by atoms with van der Waals surface area (Å²) in [6.45, 7) is 3.55. The molecule has 0 spiro atoms. The molecule has 2 aromatic rings. The van der Waals surface area contributed by atoms with E-state index in [4.69, 9.17) is 5.26 Å². The third-order valence-electron chi connectivity index (χ3n) is 6.79. The summed E-state index contributed by atoms with van der Waals surface area (Å²) in [5.41, 5.74) is 2.69. The van der Waals surface area contributed by atoms with Crippen molar-refractivity contribution in [3.63, 3.8) is 0 Å². The molecule has 3 aliphatic rings. The van der Waals surface area contributed by atoms with E-state index in [2.05, 4.69) is 11.0 Å². The number of nitrogens with zero attached hydrogens (tertiary/aromatic N) is 4. The number of carbonyl (C=O) groups is 1. The Balaban J connectivity index is 1.36. The van der Waals surface area contributed by atoms with Gasteiger partial charge in [-0.2, -0.15) is 5.26 Å². The maximum Gasteiger partial charge on any atom is 0.263 e. The average molecular weight is 420 g/mol. The number of hydrogen-bond acceptors (Lipinski definition) is 4. The summed E-state index contributed by atoms with van der Waals surface area (Å²) in [4.78, 5) is 29.8. The lowest BCUT2D eigenvalue weighted by Gasteiger charge is -2.43. The van der Waals surface area contributed by atoms with Crippen LogP contribution >= 0.6 is 0 Å². The van der Waals surface area contributed by atoms with E-state index in [1.807, 2.05) is 30.3 Å². The van der Waals surface area contributed by atoms with Gasteiger partial charge in [0.1, 0.15) is 11.7 Å². The molecule has 0 saturated carbocycles. The molecule has 4 heterocycles. The number of alkyl halides is 1. The van der Waals surface area contributed by atoms with Crippen LogP contribution < -0.4 is 5.56 Å². The minimum absolute atomic E-state index is 0.0766. The third-order valence-corrected chi connectivity index (χ3v) is 6.79. The highest BCUT2D eigenvalue weighted by Gasteiger charge is 2.36. The van der Waals surface area contributed by atoms with Crippen molar-refractivity contribution in [3.05, 3.63) is 69.1 Å². The Morgan fingerprint density at radius 1 is 1.16 bits per heavy atom. The highest BCUT2D eigenvalue weighted by molar-refractivity contribution is 5.94. The summed E-state index contributed by atoms with van der Waals surface area (Å²) in [7, 11) is 0. The number of aromatic nitrogens is 1. The molecule has 3 aliphatic heterocycles. The van der Waals surface area contributed by atoms with Gasteiger partial charge in [-0.25, -0.2) is 4.39 Å². The second-order valence-electron chi connectivity index (χ2n) is 9.03. The van der Waals surface area contributed by atoms with Gasteiger partial charge in [-0.1, -0.05) is 12.1 Å². The average Bonchev–Trinajstić information content (AvgIpc) is 3.20. The molecule has 1 amide bonds. The van der Waals surface area contributed by atoms with Crippen molar-refractivity contribution in [1.82, 2.24) is 14.4 Å². The van der Waals surface area contributed by atoms with Gasteiger partial charge in [0.25, 0.3) is 11.5 Å². The van der Waals surface area contributed by atoms with Gasteiger partial charge in [0.05, 0.1) is 18.2 Å². The fourth-order valence-corrected chi connectivity index (χ4v) is 5.41. The van der Waals surface area contributed by atoms with E-state index in [1.165, 1.54) is 4.90 Å². The summed E-state index contributed by atoms with van der Waals surface area (Å²) in [5, 5.41) is 9.14. The smallest absolute Gasteiger partial charge is 0.263 e. The van der Waals surface area contributed by atoms with Gasteiger partial charge in [-0.15, -0.1) is 0 Å². The Kier molecular flexibility index (Phi) is 5.11. The monoisotopic (exact) mass is 420 g/mol. The minimum Gasteiger partial charge on any atom is -0.335 e. The normalized spacial score (nSPS) is 25.2. The Bertz CT molecular complexity index is 1120. The van der Waals surface area contributed by atoms with Crippen molar-refractivity contribution in [2.45, 2.75) is 38.0 Å². The van der Waals surface area contributed by atoms with Gasteiger partial charge in [-0.05, 0) is 48.6 Å². The highest BCUT2D eigenvalue weighted by atomic mass is 19.1. The molecule has 6 nitrogen and oxygen atoms in total. The number of piperidine rings is 1. The van der Waals surface area contributed by atoms with Gasteiger partial charge in [-0.3, -0.25) is 14.5 Å². The summed E-state index contributed by atoms with van der Waals surface area (Å²) < 4.78 is 15.3. The van der Waals surface area contributed by atoms with Crippen LogP contribution in [0.3, 0.4) is 0 Å². The maximum absolute atomic E-state index is 13.5. The maximum atomic E-state index is 13.5. The Morgan fingerprint density at radius 2 is 2.03 bits per heavy atom. The van der Waals surface area contributed by atoms with Crippen LogP contribution in [0, 0.1) is 17.2 Å². The molecule has 2 bridgehead atoms. The van der Waals surface area contributed by atoms with Crippen LogP contribution in [0.5, 0.6) is 0 Å². The summed E-state index contributed by atoms with van der Waals surface area (Å²) in [6, 6.07) is 13.4. The molecule has 160 valence electrons. The molecular weight excluding hydrogens is 395 g/mol. The van der Waals surface area contributed by atoms with Crippen LogP contribution in [0.15, 0.2) is 41.2 Å². The van der Waals surface area contributed by atoms with E-state index in [0.717, 1.165) is 37.3 Å². The van der Waals surface area contributed by atoms with Crippen molar-refractivity contribution in [2.24, 2.45) is 5.92 Å². The lowest BCUT2D eigenvalue weighted by Crippen LogP contribution is -2.47. The number of hydrogen-bond donors (Lipinski definition) is 0. The van der Waals surface area contributed by atoms with Crippen LogP contribution in [0.25, 0.3) is 0 Å². The van der Waals surface area contributed by atoms with E-state index in [0.29, 0.717) is 31.0 Å². The minimum atomic E-state index is -0.997. The fraction of sp³-hybridized carbons (Fsp3) is 0.458. The van der Waals surface area contributed by atoms with Crippen LogP contribution in [0.4, 0.5) is 4.39 Å². The van der Waals surface area contributed by atoms with Gasteiger partial charge < -0.3 is 9.47 Å². The molecule has 0 radical (unpaired) electrons. The number of fused-ring (bicyclic) bond motifs is 4. The largest absolute Gasteiger partial charge is 0.335 e. The summed E-state index contributed by atoms with van der Waals surface area (Å²) >= 11 is 0. The van der Waals surface area contributed by atoms with Crippen molar-refractivity contribution in [1.29, 1.82) is 5.26 Å². The molecule has 1 aromatic carbocycles. The third kappa shape index (κ3) is 3.77. The predicted octanol–water partition coefficient (Wildman–Crippen LogP) is 2.52. The first-order valence-corrected chi connectivity index (χ1v) is 10.9. The topological polar surface area (TPSA) is 69.3 Å². The first-order chi connectivity index (χ1) is 15.0. The molecule has 1 aromatic heterocycles. The molecule has 0 aliphatic carbocycles. The molecular formula is C24H25FN4O2. The Morgan fingerprint density at radius 3 is 2.81 bits per heavy atom.